The highest BCUT2D eigenvalue weighted by Gasteiger charge is 2.13. The molecule has 0 N–H and O–H groups in total. The van der Waals surface area contributed by atoms with Crippen molar-refractivity contribution >= 4 is 17.4 Å². The fourth-order valence-electron chi connectivity index (χ4n) is 1.88. The van der Waals surface area contributed by atoms with Crippen molar-refractivity contribution in [2.45, 2.75) is 45.6 Å². The molecule has 0 fully saturated rings. The number of carbonyl (C=O) groups is 1. The summed E-state index contributed by atoms with van der Waals surface area (Å²) in [4.78, 5) is 11.9. The molecular weight excluding hydrogens is 222 g/mol. The van der Waals surface area contributed by atoms with E-state index in [-0.39, 0.29) is 5.78 Å². The van der Waals surface area contributed by atoms with Gasteiger partial charge in [-0.3, -0.25) is 4.79 Å². The van der Waals surface area contributed by atoms with Crippen molar-refractivity contribution in [2.75, 3.05) is 5.88 Å². The minimum absolute atomic E-state index is 0.241. The lowest BCUT2D eigenvalue weighted by Crippen LogP contribution is -2.12. The molecule has 0 radical (unpaired) electrons. The fourth-order valence-corrected chi connectivity index (χ4v) is 2.04. The summed E-state index contributed by atoms with van der Waals surface area (Å²) in [5, 5.41) is 0. The summed E-state index contributed by atoms with van der Waals surface area (Å²) in [5.74, 6) is 0.925. The van der Waals surface area contributed by atoms with Crippen molar-refractivity contribution in [2.24, 2.45) is 0 Å². The quantitative estimate of drug-likeness (QED) is 0.521. The van der Waals surface area contributed by atoms with Gasteiger partial charge in [-0.15, -0.1) is 11.6 Å². The van der Waals surface area contributed by atoms with Crippen LogP contribution in [0.5, 0.6) is 0 Å². The molecule has 0 unspecified atom stereocenters. The highest BCUT2D eigenvalue weighted by molar-refractivity contribution is 6.17. The van der Waals surface area contributed by atoms with Crippen LogP contribution in [0.4, 0.5) is 0 Å². The van der Waals surface area contributed by atoms with E-state index in [0.717, 1.165) is 25.0 Å². The van der Waals surface area contributed by atoms with Gasteiger partial charge in [-0.25, -0.2) is 0 Å². The van der Waals surface area contributed by atoms with Gasteiger partial charge in [-0.05, 0) is 38.3 Å². The van der Waals surface area contributed by atoms with Crippen LogP contribution in [0, 0.1) is 0 Å². The molecule has 0 aromatic carbocycles. The molecule has 2 nitrogen and oxygen atoms in total. The molecule has 16 heavy (non-hydrogen) atoms. The Labute approximate surface area is 103 Å². The maximum Gasteiger partial charge on any atom is 0.179 e. The molecule has 0 spiro atoms. The lowest BCUT2D eigenvalue weighted by molar-refractivity contribution is 0.0970. The summed E-state index contributed by atoms with van der Waals surface area (Å²) in [6, 6.07) is 4.21. The predicted octanol–water partition coefficient (Wildman–Crippen LogP) is 4.05. The Balaban J connectivity index is 2.72. The third kappa shape index (κ3) is 3.38. The number of carbonyl (C=O) groups excluding carboxylic acids is 1. The highest BCUT2D eigenvalue weighted by Crippen LogP contribution is 2.18. The maximum atomic E-state index is 11.9. The molecular formula is C13H20ClNO. The summed E-state index contributed by atoms with van der Waals surface area (Å²) in [6.45, 7) is 4.16. The first-order valence-electron chi connectivity index (χ1n) is 5.96. The van der Waals surface area contributed by atoms with Crippen molar-refractivity contribution < 1.29 is 4.79 Å². The Morgan fingerprint density at radius 3 is 2.94 bits per heavy atom. The Morgan fingerprint density at radius 2 is 2.31 bits per heavy atom. The van der Waals surface area contributed by atoms with Gasteiger partial charge in [0.05, 0.1) is 5.69 Å². The predicted molar refractivity (Wildman–Crippen MR) is 68.3 cm³/mol. The SMILES string of the molecule is CCCC(=O)c1cccn1[C@H](C)CCCCl. The van der Waals surface area contributed by atoms with Gasteiger partial charge in [0.2, 0.25) is 0 Å². The van der Waals surface area contributed by atoms with Crippen LogP contribution in [-0.4, -0.2) is 16.2 Å². The van der Waals surface area contributed by atoms with E-state index in [0.29, 0.717) is 18.3 Å². The van der Waals surface area contributed by atoms with Crippen LogP contribution in [0.2, 0.25) is 0 Å². The maximum absolute atomic E-state index is 11.9. The standard InChI is InChI=1S/C13H20ClNO/c1-3-6-13(16)12-8-5-10-15(12)11(2)7-4-9-14/h5,8,10-11H,3-4,6-7,9H2,1-2H3/t11-/m1/s1. The number of Topliss-reactive ketones (excluding diaryl/α,β-unsaturated/α-hetero) is 1. The summed E-state index contributed by atoms with van der Waals surface area (Å²) >= 11 is 5.68. The molecule has 0 saturated carbocycles. The number of hydrogen-bond donors (Lipinski definition) is 0. The number of nitrogens with zero attached hydrogens (tertiary/aromatic N) is 1. The van der Waals surface area contributed by atoms with E-state index in [1.165, 1.54) is 0 Å². The number of aromatic nitrogens is 1. The number of ketones is 1. The molecule has 1 heterocycles. The van der Waals surface area contributed by atoms with Crippen LogP contribution in [0.3, 0.4) is 0 Å². The van der Waals surface area contributed by atoms with Crippen LogP contribution in [-0.2, 0) is 0 Å². The Hall–Kier alpha value is -0.760. The lowest BCUT2D eigenvalue weighted by Gasteiger charge is -2.16. The molecule has 1 atom stereocenters. The Kier molecular flexibility index (Phi) is 5.61. The van der Waals surface area contributed by atoms with Crippen molar-refractivity contribution in [3.05, 3.63) is 24.0 Å². The number of rotatable bonds is 7. The monoisotopic (exact) mass is 241 g/mol. The van der Waals surface area contributed by atoms with E-state index in [1.54, 1.807) is 0 Å². The van der Waals surface area contributed by atoms with Gasteiger partial charge in [0.1, 0.15) is 0 Å². The Morgan fingerprint density at radius 1 is 1.56 bits per heavy atom. The molecule has 1 aromatic heterocycles. The van der Waals surface area contributed by atoms with Crippen molar-refractivity contribution in [3.63, 3.8) is 0 Å². The van der Waals surface area contributed by atoms with Crippen LogP contribution < -0.4 is 0 Å². The fraction of sp³-hybridized carbons (Fsp3) is 0.615. The molecule has 0 amide bonds. The first kappa shape index (κ1) is 13.3. The topological polar surface area (TPSA) is 22.0 Å². The first-order chi connectivity index (χ1) is 7.70. The largest absolute Gasteiger partial charge is 0.342 e. The number of hydrogen-bond acceptors (Lipinski definition) is 1. The minimum atomic E-state index is 0.241. The van der Waals surface area contributed by atoms with Gasteiger partial charge in [0, 0.05) is 24.5 Å². The van der Waals surface area contributed by atoms with E-state index in [2.05, 4.69) is 11.5 Å². The van der Waals surface area contributed by atoms with Gasteiger partial charge in [-0.2, -0.15) is 0 Å². The van der Waals surface area contributed by atoms with Gasteiger partial charge >= 0.3 is 0 Å². The first-order valence-corrected chi connectivity index (χ1v) is 6.50. The smallest absolute Gasteiger partial charge is 0.179 e. The highest BCUT2D eigenvalue weighted by atomic mass is 35.5. The second kappa shape index (κ2) is 6.74. The Bertz CT molecular complexity index is 332. The van der Waals surface area contributed by atoms with Crippen LogP contribution in [0.1, 0.15) is 56.1 Å². The third-order valence-electron chi connectivity index (χ3n) is 2.77. The minimum Gasteiger partial charge on any atom is -0.342 e. The van der Waals surface area contributed by atoms with E-state index in [1.807, 2.05) is 25.3 Å². The molecule has 0 saturated heterocycles. The van der Waals surface area contributed by atoms with Crippen LogP contribution >= 0.6 is 11.6 Å². The summed E-state index contributed by atoms with van der Waals surface area (Å²) < 4.78 is 2.07. The van der Waals surface area contributed by atoms with Crippen LogP contribution in [0.25, 0.3) is 0 Å². The number of alkyl halides is 1. The van der Waals surface area contributed by atoms with Gasteiger partial charge < -0.3 is 4.57 Å². The lowest BCUT2D eigenvalue weighted by atomic mass is 10.1. The molecule has 3 heteroatoms. The van der Waals surface area contributed by atoms with Gasteiger partial charge in [0.15, 0.2) is 5.78 Å². The van der Waals surface area contributed by atoms with Gasteiger partial charge in [-0.1, -0.05) is 6.92 Å². The van der Waals surface area contributed by atoms with Crippen molar-refractivity contribution in [3.8, 4) is 0 Å². The van der Waals surface area contributed by atoms with E-state index in [9.17, 15) is 4.79 Å². The summed E-state index contributed by atoms with van der Waals surface area (Å²) in [5.41, 5.74) is 0.837. The molecule has 90 valence electrons. The van der Waals surface area contributed by atoms with E-state index < -0.39 is 0 Å². The normalized spacial score (nSPS) is 12.7. The molecule has 0 aliphatic heterocycles. The zero-order valence-corrected chi connectivity index (χ0v) is 10.8. The molecule has 0 aliphatic rings. The molecule has 0 aliphatic carbocycles. The average molecular weight is 242 g/mol. The van der Waals surface area contributed by atoms with Crippen LogP contribution in [0.15, 0.2) is 18.3 Å². The molecule has 0 bridgehead atoms. The summed E-state index contributed by atoms with van der Waals surface area (Å²) in [6.07, 6.45) is 5.53. The molecule has 1 aromatic rings. The molecule has 1 rings (SSSR count). The zero-order valence-electron chi connectivity index (χ0n) is 10.1. The van der Waals surface area contributed by atoms with Crippen molar-refractivity contribution in [1.29, 1.82) is 0 Å². The number of halogens is 1. The third-order valence-corrected chi connectivity index (χ3v) is 3.04. The zero-order chi connectivity index (χ0) is 12.0. The summed E-state index contributed by atoms with van der Waals surface area (Å²) in [7, 11) is 0. The average Bonchev–Trinajstić information content (AvgIpc) is 2.75. The van der Waals surface area contributed by atoms with E-state index in [4.69, 9.17) is 11.6 Å². The van der Waals surface area contributed by atoms with E-state index >= 15 is 0 Å². The second-order valence-corrected chi connectivity index (χ2v) is 4.53. The second-order valence-electron chi connectivity index (χ2n) is 4.15. The van der Waals surface area contributed by atoms with Gasteiger partial charge in [0.25, 0.3) is 0 Å². The van der Waals surface area contributed by atoms with Crippen molar-refractivity contribution in [1.82, 2.24) is 4.57 Å².